The zero-order chi connectivity index (χ0) is 21.0. The first-order chi connectivity index (χ1) is 12.1. The van der Waals surface area contributed by atoms with Crippen molar-refractivity contribution in [1.82, 2.24) is 0 Å². The Morgan fingerprint density at radius 3 is 2.11 bits per heavy atom. The van der Waals surface area contributed by atoms with Gasteiger partial charge in [-0.05, 0) is 84.2 Å². The van der Waals surface area contributed by atoms with Gasteiger partial charge in [-0.15, -0.1) is 0 Å². The largest absolute Gasteiger partial charge is 0.458 e. The molecule has 0 spiro atoms. The van der Waals surface area contributed by atoms with E-state index in [1.165, 1.54) is 12.8 Å². The van der Waals surface area contributed by atoms with Crippen LogP contribution in [0.1, 0.15) is 81.1 Å². The molecule has 5 heteroatoms. The summed E-state index contributed by atoms with van der Waals surface area (Å²) < 4.78 is 18.0. The lowest BCUT2D eigenvalue weighted by Gasteiger charge is -2.42. The first-order valence-electron chi connectivity index (χ1n) is 10.6. The molecule has 0 aromatic rings. The normalized spacial score (nSPS) is 23.4. The zero-order valence-electron chi connectivity index (χ0n) is 19.5. The Kier molecular flexibility index (Phi) is 8.58. The number of rotatable bonds is 7. The van der Waals surface area contributed by atoms with Gasteiger partial charge in [-0.25, -0.2) is 4.79 Å². The third kappa shape index (κ3) is 8.65. The van der Waals surface area contributed by atoms with E-state index >= 15 is 0 Å². The first kappa shape index (κ1) is 24.6. The Labute approximate surface area is 169 Å². The third-order valence-corrected chi connectivity index (χ3v) is 5.93. The van der Waals surface area contributed by atoms with E-state index in [9.17, 15) is 4.79 Å². The number of ether oxygens (including phenoxy) is 2. The molecule has 1 fully saturated rings. The molecule has 0 saturated heterocycles. The summed E-state index contributed by atoms with van der Waals surface area (Å²) in [5, 5.41) is 0. The minimum atomic E-state index is -1.09. The van der Waals surface area contributed by atoms with E-state index in [1.54, 1.807) is 0 Å². The Morgan fingerprint density at radius 2 is 1.63 bits per heavy atom. The smallest absolute Gasteiger partial charge is 0.338 e. The summed E-state index contributed by atoms with van der Waals surface area (Å²) in [5.74, 6) is 0.767. The second-order valence-corrected chi connectivity index (χ2v) is 13.5. The summed E-state index contributed by atoms with van der Waals surface area (Å²) in [5.41, 5.74) is -1.25. The van der Waals surface area contributed by atoms with Crippen LogP contribution in [0.4, 0.5) is 0 Å². The number of carbonyl (C=O) groups excluding carboxylic acids is 1. The quantitative estimate of drug-likeness (QED) is 0.427. The van der Waals surface area contributed by atoms with Crippen LogP contribution < -0.4 is 0 Å². The monoisotopic (exact) mass is 400 g/mol. The molecular formula is C22H44O4Si. The van der Waals surface area contributed by atoms with E-state index in [4.69, 9.17) is 13.9 Å². The highest BCUT2D eigenvalue weighted by molar-refractivity contribution is 6.48. The molecule has 1 saturated carbocycles. The van der Waals surface area contributed by atoms with Crippen molar-refractivity contribution >= 4 is 15.0 Å². The minimum absolute atomic E-state index is 0.153. The van der Waals surface area contributed by atoms with E-state index in [0.717, 1.165) is 12.8 Å². The molecule has 0 amide bonds. The molecule has 1 aliphatic rings. The molecule has 4 nitrogen and oxygen atoms in total. The second-order valence-electron chi connectivity index (χ2n) is 11.1. The molecule has 1 rings (SSSR count). The van der Waals surface area contributed by atoms with Gasteiger partial charge in [0.25, 0.3) is 0 Å². The van der Waals surface area contributed by atoms with Gasteiger partial charge in [-0.1, -0.05) is 27.2 Å². The Hall–Kier alpha value is -0.393. The van der Waals surface area contributed by atoms with Crippen LogP contribution in [0.5, 0.6) is 0 Å². The molecule has 0 aromatic carbocycles. The van der Waals surface area contributed by atoms with Gasteiger partial charge in [-0.2, -0.15) is 0 Å². The Morgan fingerprint density at radius 1 is 1.04 bits per heavy atom. The summed E-state index contributed by atoms with van der Waals surface area (Å²) in [6.07, 6.45) is 5.03. The maximum atomic E-state index is 12.4. The minimum Gasteiger partial charge on any atom is -0.458 e. The van der Waals surface area contributed by atoms with Crippen molar-refractivity contribution in [3.63, 3.8) is 0 Å². The highest BCUT2D eigenvalue weighted by atomic mass is 28.3. The van der Waals surface area contributed by atoms with Crippen LogP contribution in [0, 0.1) is 17.3 Å². The van der Waals surface area contributed by atoms with Gasteiger partial charge in [0.05, 0.1) is 12.7 Å². The van der Waals surface area contributed by atoms with E-state index in [0.29, 0.717) is 24.5 Å². The van der Waals surface area contributed by atoms with Gasteiger partial charge in [0.15, 0.2) is 14.6 Å². The standard InChI is InChI=1S/C22H44O4Si/c1-20(2,3)18(26-27(9)10)17-13-11-12-16(14-17)15-24-22(7,8)19(23)25-21(4,5)6/h16-18,27H,11-15H2,1-10H3/t16-,17+,18?/m0/s1. The lowest BCUT2D eigenvalue weighted by Crippen LogP contribution is -2.44. The molecule has 0 aromatic heterocycles. The molecule has 0 aliphatic heterocycles. The van der Waals surface area contributed by atoms with E-state index in [2.05, 4.69) is 33.9 Å². The molecule has 1 unspecified atom stereocenters. The van der Waals surface area contributed by atoms with Gasteiger partial charge < -0.3 is 13.9 Å². The molecular weight excluding hydrogens is 356 g/mol. The van der Waals surface area contributed by atoms with Gasteiger partial charge in [0, 0.05) is 0 Å². The van der Waals surface area contributed by atoms with Crippen LogP contribution in [0.15, 0.2) is 0 Å². The fraction of sp³-hybridized carbons (Fsp3) is 0.955. The summed E-state index contributed by atoms with van der Waals surface area (Å²) in [6.45, 7) is 21.3. The predicted molar refractivity (Wildman–Crippen MR) is 115 cm³/mol. The highest BCUT2D eigenvalue weighted by Gasteiger charge is 2.38. The highest BCUT2D eigenvalue weighted by Crippen LogP contribution is 2.39. The molecule has 0 heterocycles. The molecule has 3 atom stereocenters. The maximum absolute atomic E-state index is 12.4. The van der Waals surface area contributed by atoms with Crippen molar-refractivity contribution in [2.24, 2.45) is 17.3 Å². The Bertz CT molecular complexity index is 474. The van der Waals surface area contributed by atoms with Crippen LogP contribution in [0.3, 0.4) is 0 Å². The summed E-state index contributed by atoms with van der Waals surface area (Å²) in [7, 11) is -1.09. The SMILES string of the molecule is C[SiH](C)OC([C@@H]1CCC[C@H](COC(C)(C)C(=O)OC(C)(C)C)C1)C(C)(C)C. The maximum Gasteiger partial charge on any atom is 0.338 e. The van der Waals surface area contributed by atoms with E-state index in [-0.39, 0.29) is 11.4 Å². The van der Waals surface area contributed by atoms with Crippen molar-refractivity contribution in [2.75, 3.05) is 6.61 Å². The molecule has 1 aliphatic carbocycles. The van der Waals surface area contributed by atoms with Gasteiger partial charge in [-0.3, -0.25) is 0 Å². The molecule has 0 bridgehead atoms. The topological polar surface area (TPSA) is 44.8 Å². The fourth-order valence-electron chi connectivity index (χ4n) is 3.86. The van der Waals surface area contributed by atoms with Gasteiger partial charge >= 0.3 is 5.97 Å². The van der Waals surface area contributed by atoms with Crippen LogP contribution in [-0.4, -0.2) is 38.9 Å². The number of esters is 1. The van der Waals surface area contributed by atoms with Crippen LogP contribution in [0.2, 0.25) is 13.1 Å². The summed E-state index contributed by atoms with van der Waals surface area (Å²) >= 11 is 0. The number of hydrogen-bond acceptors (Lipinski definition) is 4. The predicted octanol–water partition coefficient (Wildman–Crippen LogP) is 5.34. The Balaban J connectivity index is 2.68. The van der Waals surface area contributed by atoms with E-state index in [1.807, 2.05) is 34.6 Å². The third-order valence-electron chi connectivity index (χ3n) is 5.09. The van der Waals surface area contributed by atoms with Crippen molar-refractivity contribution in [3.8, 4) is 0 Å². The average Bonchev–Trinajstić information content (AvgIpc) is 2.48. The molecule has 27 heavy (non-hydrogen) atoms. The van der Waals surface area contributed by atoms with Crippen LogP contribution in [0.25, 0.3) is 0 Å². The number of hydrogen-bond donors (Lipinski definition) is 0. The molecule has 0 radical (unpaired) electrons. The number of carbonyl (C=O) groups is 1. The zero-order valence-corrected chi connectivity index (χ0v) is 20.6. The molecule has 0 N–H and O–H groups in total. The van der Waals surface area contributed by atoms with E-state index < -0.39 is 20.2 Å². The summed E-state index contributed by atoms with van der Waals surface area (Å²) in [4.78, 5) is 12.4. The molecule has 160 valence electrons. The van der Waals surface area contributed by atoms with Crippen molar-refractivity contribution in [2.45, 2.75) is 111 Å². The summed E-state index contributed by atoms with van der Waals surface area (Å²) in [6, 6.07) is 0. The van der Waals surface area contributed by atoms with Gasteiger partial charge in [0.2, 0.25) is 0 Å². The van der Waals surface area contributed by atoms with Crippen LogP contribution >= 0.6 is 0 Å². The van der Waals surface area contributed by atoms with Crippen molar-refractivity contribution in [1.29, 1.82) is 0 Å². The fourth-order valence-corrected chi connectivity index (χ4v) is 5.08. The van der Waals surface area contributed by atoms with Crippen molar-refractivity contribution in [3.05, 3.63) is 0 Å². The van der Waals surface area contributed by atoms with Crippen LogP contribution in [-0.2, 0) is 18.7 Å². The second kappa shape index (κ2) is 9.40. The lowest BCUT2D eigenvalue weighted by atomic mass is 9.72. The van der Waals surface area contributed by atoms with Crippen molar-refractivity contribution < 1.29 is 18.7 Å². The lowest BCUT2D eigenvalue weighted by molar-refractivity contribution is -0.181. The first-order valence-corrected chi connectivity index (χ1v) is 13.4. The van der Waals surface area contributed by atoms with Gasteiger partial charge in [0.1, 0.15) is 5.60 Å². The average molecular weight is 401 g/mol.